The van der Waals surface area contributed by atoms with Gasteiger partial charge in [0.05, 0.1) is 6.61 Å². The molecule has 3 aliphatic heterocycles. The fourth-order valence-electron chi connectivity index (χ4n) is 2.22. The van der Waals surface area contributed by atoms with Gasteiger partial charge in [0, 0.05) is 15.0 Å². The minimum atomic E-state index is -0.417. The molecule has 0 unspecified atom stereocenters. The largest absolute Gasteiger partial charge is 0.389 e. The quantitative estimate of drug-likeness (QED) is 0.598. The highest BCUT2D eigenvalue weighted by atomic mass is 19.1. The minimum absolute atomic E-state index is 0. The summed E-state index contributed by atoms with van der Waals surface area (Å²) in [5.74, 6) is 0.131. The van der Waals surface area contributed by atoms with Gasteiger partial charge in [0.1, 0.15) is 5.83 Å². The monoisotopic (exact) mass is 182 g/mol. The van der Waals surface area contributed by atoms with E-state index in [4.69, 9.17) is 5.11 Å². The summed E-state index contributed by atoms with van der Waals surface area (Å²) >= 11 is 0. The lowest BCUT2D eigenvalue weighted by atomic mass is 9.83. The third kappa shape index (κ3) is 1.94. The number of rotatable bonds is 1. The van der Waals surface area contributed by atoms with Gasteiger partial charge in [-0.05, 0) is 37.4 Å². The zero-order valence-corrected chi connectivity index (χ0v) is 7.67. The molecule has 3 heterocycles. The van der Waals surface area contributed by atoms with Crippen LogP contribution in [-0.4, -0.2) is 44.7 Å². The van der Waals surface area contributed by atoms with Crippen molar-refractivity contribution in [2.75, 3.05) is 26.2 Å². The van der Waals surface area contributed by atoms with Gasteiger partial charge in [-0.15, -0.1) is 0 Å². The average Bonchev–Trinajstić information content (AvgIpc) is 2.18. The van der Waals surface area contributed by atoms with Crippen molar-refractivity contribution in [2.45, 2.75) is 12.8 Å². The molecular formula is C9H14BFNO. The average molecular weight is 182 g/mol. The van der Waals surface area contributed by atoms with E-state index in [0.717, 1.165) is 38.0 Å². The number of halogens is 1. The van der Waals surface area contributed by atoms with Crippen molar-refractivity contribution < 1.29 is 9.50 Å². The molecule has 4 heteroatoms. The van der Waals surface area contributed by atoms with Crippen molar-refractivity contribution in [2.24, 2.45) is 5.92 Å². The molecule has 0 aromatic heterocycles. The predicted octanol–water partition coefficient (Wildman–Crippen LogP) is 0.547. The van der Waals surface area contributed by atoms with Crippen LogP contribution >= 0.6 is 0 Å². The fourth-order valence-corrected chi connectivity index (χ4v) is 2.22. The Morgan fingerprint density at radius 3 is 2.46 bits per heavy atom. The van der Waals surface area contributed by atoms with Crippen LogP contribution in [0, 0.1) is 5.92 Å². The van der Waals surface area contributed by atoms with E-state index >= 15 is 0 Å². The third-order valence-electron chi connectivity index (χ3n) is 2.96. The summed E-state index contributed by atoms with van der Waals surface area (Å²) in [6.07, 6.45) is 2.14. The Kier molecular flexibility index (Phi) is 3.51. The first-order valence-corrected chi connectivity index (χ1v) is 4.52. The molecule has 13 heavy (non-hydrogen) atoms. The SMILES string of the molecule is OCC(F)=C1CN2CCC1CC2.[B]. The third-order valence-corrected chi connectivity index (χ3v) is 2.96. The number of nitrogens with zero attached hydrogens (tertiary/aromatic N) is 1. The van der Waals surface area contributed by atoms with Crippen molar-refractivity contribution in [3.05, 3.63) is 11.4 Å². The summed E-state index contributed by atoms with van der Waals surface area (Å²) < 4.78 is 13.1. The molecule has 3 rings (SSSR count). The Bertz CT molecular complexity index is 212. The lowest BCUT2D eigenvalue weighted by molar-refractivity contribution is 0.153. The van der Waals surface area contributed by atoms with Crippen LogP contribution in [0.5, 0.6) is 0 Å². The zero-order valence-electron chi connectivity index (χ0n) is 7.67. The second-order valence-electron chi connectivity index (χ2n) is 3.64. The topological polar surface area (TPSA) is 23.5 Å². The number of aliphatic hydroxyl groups is 1. The summed E-state index contributed by atoms with van der Waals surface area (Å²) in [4.78, 5) is 2.25. The maximum atomic E-state index is 13.1. The molecule has 0 aromatic carbocycles. The zero-order chi connectivity index (χ0) is 8.55. The molecule has 3 fully saturated rings. The smallest absolute Gasteiger partial charge is 0.126 e. The van der Waals surface area contributed by atoms with Crippen LogP contribution in [0.25, 0.3) is 0 Å². The van der Waals surface area contributed by atoms with E-state index in [-0.39, 0.29) is 14.2 Å². The highest BCUT2D eigenvalue weighted by molar-refractivity contribution is 5.75. The molecule has 0 atom stereocenters. The number of piperidine rings is 3. The molecule has 3 aliphatic rings. The Morgan fingerprint density at radius 1 is 1.46 bits per heavy atom. The van der Waals surface area contributed by atoms with Gasteiger partial charge in [0.25, 0.3) is 0 Å². The summed E-state index contributed by atoms with van der Waals surface area (Å²) in [6.45, 7) is 2.54. The van der Waals surface area contributed by atoms with Crippen molar-refractivity contribution in [3.8, 4) is 0 Å². The molecule has 0 spiro atoms. The molecular weight excluding hydrogens is 168 g/mol. The van der Waals surface area contributed by atoms with E-state index in [9.17, 15) is 4.39 Å². The molecule has 2 bridgehead atoms. The second-order valence-corrected chi connectivity index (χ2v) is 3.64. The minimum Gasteiger partial charge on any atom is -0.389 e. The van der Waals surface area contributed by atoms with E-state index in [0.29, 0.717) is 5.92 Å². The highest BCUT2D eigenvalue weighted by Crippen LogP contribution is 2.33. The Morgan fingerprint density at radius 2 is 2.08 bits per heavy atom. The number of hydrogen-bond donors (Lipinski definition) is 1. The van der Waals surface area contributed by atoms with Crippen LogP contribution in [0.15, 0.2) is 11.4 Å². The van der Waals surface area contributed by atoms with Gasteiger partial charge < -0.3 is 5.11 Å². The number of fused-ring (bicyclic) bond motifs is 3. The molecule has 0 amide bonds. The fraction of sp³-hybridized carbons (Fsp3) is 0.778. The normalized spacial score (nSPS) is 35.5. The number of hydrogen-bond acceptors (Lipinski definition) is 2. The Hall–Kier alpha value is -0.345. The standard InChI is InChI=1S/C9H14FNO.B/c10-9(6-12)8-5-11-3-1-7(8)2-4-11;/h7,12H,1-6H2;. The molecule has 1 N–H and O–H groups in total. The van der Waals surface area contributed by atoms with Crippen molar-refractivity contribution in [3.63, 3.8) is 0 Å². The first kappa shape index (κ1) is 10.7. The molecule has 3 radical (unpaired) electrons. The van der Waals surface area contributed by atoms with E-state index in [1.165, 1.54) is 0 Å². The van der Waals surface area contributed by atoms with E-state index in [1.807, 2.05) is 0 Å². The van der Waals surface area contributed by atoms with Gasteiger partial charge in [-0.3, -0.25) is 4.90 Å². The maximum absolute atomic E-state index is 13.1. The second kappa shape index (κ2) is 4.25. The van der Waals surface area contributed by atoms with Gasteiger partial charge in [0.15, 0.2) is 0 Å². The van der Waals surface area contributed by atoms with Crippen LogP contribution in [0.2, 0.25) is 0 Å². The van der Waals surface area contributed by atoms with Crippen LogP contribution in [0.3, 0.4) is 0 Å². The lowest BCUT2D eigenvalue weighted by Gasteiger charge is -2.41. The van der Waals surface area contributed by atoms with Crippen LogP contribution in [0.4, 0.5) is 4.39 Å². The van der Waals surface area contributed by atoms with Crippen molar-refractivity contribution >= 4 is 8.41 Å². The lowest BCUT2D eigenvalue weighted by Crippen LogP contribution is -2.43. The predicted molar refractivity (Wildman–Crippen MR) is 50.1 cm³/mol. The molecule has 0 aromatic rings. The molecule has 2 nitrogen and oxygen atoms in total. The molecule has 71 valence electrons. The van der Waals surface area contributed by atoms with E-state index in [2.05, 4.69) is 4.90 Å². The van der Waals surface area contributed by atoms with Crippen LogP contribution < -0.4 is 0 Å². The summed E-state index contributed by atoms with van der Waals surface area (Å²) in [5, 5.41) is 8.66. The van der Waals surface area contributed by atoms with Gasteiger partial charge in [-0.2, -0.15) is 0 Å². The van der Waals surface area contributed by atoms with Crippen molar-refractivity contribution in [1.29, 1.82) is 0 Å². The summed E-state index contributed by atoms with van der Waals surface area (Å²) in [7, 11) is 0. The first-order valence-electron chi connectivity index (χ1n) is 4.52. The summed E-state index contributed by atoms with van der Waals surface area (Å²) in [6, 6.07) is 0. The molecule has 0 aliphatic carbocycles. The summed E-state index contributed by atoms with van der Waals surface area (Å²) in [5.41, 5.74) is 0.856. The van der Waals surface area contributed by atoms with Crippen LogP contribution in [-0.2, 0) is 0 Å². The van der Waals surface area contributed by atoms with E-state index < -0.39 is 6.61 Å². The van der Waals surface area contributed by atoms with Gasteiger partial charge in [-0.25, -0.2) is 4.39 Å². The van der Waals surface area contributed by atoms with E-state index in [1.54, 1.807) is 0 Å². The Balaban J connectivity index is 0.000000845. The Labute approximate surface area is 80.0 Å². The van der Waals surface area contributed by atoms with Gasteiger partial charge in [-0.1, -0.05) is 0 Å². The van der Waals surface area contributed by atoms with Crippen molar-refractivity contribution in [1.82, 2.24) is 4.90 Å². The first-order chi connectivity index (χ1) is 5.81. The van der Waals surface area contributed by atoms with Crippen LogP contribution in [0.1, 0.15) is 12.8 Å². The molecule has 0 saturated carbocycles. The number of aliphatic hydroxyl groups excluding tert-OH is 1. The maximum Gasteiger partial charge on any atom is 0.126 e. The highest BCUT2D eigenvalue weighted by Gasteiger charge is 2.31. The molecule has 3 saturated heterocycles. The van der Waals surface area contributed by atoms with Gasteiger partial charge >= 0.3 is 0 Å². The van der Waals surface area contributed by atoms with Gasteiger partial charge in [0.2, 0.25) is 0 Å².